The van der Waals surface area contributed by atoms with Gasteiger partial charge in [-0.05, 0) is 25.5 Å². The highest BCUT2D eigenvalue weighted by atomic mass is 35.5. The number of aryl methyl sites for hydroxylation is 2. The molecular formula is C12H11ClN2O2. The molecule has 0 saturated carbocycles. The lowest BCUT2D eigenvalue weighted by atomic mass is 10.0. The first-order chi connectivity index (χ1) is 8.00. The summed E-state index contributed by atoms with van der Waals surface area (Å²) in [7, 11) is 0. The number of carbonyl (C=O) groups is 1. The smallest absolute Gasteiger partial charge is 0.341 e. The summed E-state index contributed by atoms with van der Waals surface area (Å²) in [4.78, 5) is 11.1. The number of aromatic carboxylic acids is 1. The van der Waals surface area contributed by atoms with E-state index in [1.54, 1.807) is 0 Å². The lowest BCUT2D eigenvalue weighted by Crippen LogP contribution is -1.99. The van der Waals surface area contributed by atoms with Gasteiger partial charge >= 0.3 is 5.97 Å². The molecule has 0 bridgehead atoms. The second-order valence-electron chi connectivity index (χ2n) is 3.88. The van der Waals surface area contributed by atoms with Crippen molar-refractivity contribution < 1.29 is 9.90 Å². The number of hydrogen-bond donors (Lipinski definition) is 2. The third-order valence-corrected chi connectivity index (χ3v) is 2.86. The van der Waals surface area contributed by atoms with E-state index in [1.165, 1.54) is 0 Å². The number of aromatic amines is 1. The fourth-order valence-corrected chi connectivity index (χ4v) is 1.91. The zero-order valence-electron chi connectivity index (χ0n) is 9.41. The topological polar surface area (TPSA) is 66.0 Å². The molecule has 17 heavy (non-hydrogen) atoms. The Morgan fingerprint density at radius 3 is 2.76 bits per heavy atom. The van der Waals surface area contributed by atoms with Gasteiger partial charge in [0.05, 0.1) is 0 Å². The number of nitrogens with zero attached hydrogens (tertiary/aromatic N) is 1. The molecule has 0 radical (unpaired) electrons. The van der Waals surface area contributed by atoms with Crippen LogP contribution in [0.25, 0.3) is 11.3 Å². The predicted octanol–water partition coefficient (Wildman–Crippen LogP) is 3.05. The zero-order chi connectivity index (χ0) is 12.6. The van der Waals surface area contributed by atoms with Crippen LogP contribution in [0, 0.1) is 13.8 Å². The molecule has 2 aromatic rings. The molecule has 0 aliphatic heterocycles. The number of halogens is 1. The molecule has 1 aromatic heterocycles. The summed E-state index contributed by atoms with van der Waals surface area (Å²) in [5, 5.41) is 15.6. The van der Waals surface area contributed by atoms with Crippen LogP contribution in [0.4, 0.5) is 0 Å². The average molecular weight is 251 g/mol. The van der Waals surface area contributed by atoms with E-state index in [0.29, 0.717) is 5.69 Å². The summed E-state index contributed by atoms with van der Waals surface area (Å²) in [6.45, 7) is 3.85. The number of rotatable bonds is 2. The van der Waals surface area contributed by atoms with Crippen molar-refractivity contribution >= 4 is 17.6 Å². The summed E-state index contributed by atoms with van der Waals surface area (Å²) in [5.41, 5.74) is 3.18. The molecule has 0 aliphatic carbocycles. The van der Waals surface area contributed by atoms with E-state index >= 15 is 0 Å². The first kappa shape index (κ1) is 11.7. The minimum Gasteiger partial charge on any atom is -0.478 e. The Kier molecular flexibility index (Phi) is 2.90. The highest BCUT2D eigenvalue weighted by Crippen LogP contribution is 2.29. The van der Waals surface area contributed by atoms with Gasteiger partial charge in [0.2, 0.25) is 0 Å². The van der Waals surface area contributed by atoms with Crippen LogP contribution >= 0.6 is 11.6 Å². The number of nitrogens with one attached hydrogen (secondary N) is 1. The lowest BCUT2D eigenvalue weighted by molar-refractivity contribution is 0.0698. The number of benzene rings is 1. The second-order valence-corrected chi connectivity index (χ2v) is 4.26. The zero-order valence-corrected chi connectivity index (χ0v) is 10.2. The van der Waals surface area contributed by atoms with Crippen LogP contribution in [0.2, 0.25) is 5.15 Å². The van der Waals surface area contributed by atoms with E-state index in [-0.39, 0.29) is 10.7 Å². The van der Waals surface area contributed by atoms with Crippen molar-refractivity contribution in [1.82, 2.24) is 10.2 Å². The van der Waals surface area contributed by atoms with Gasteiger partial charge in [-0.3, -0.25) is 5.10 Å². The largest absolute Gasteiger partial charge is 0.478 e. The molecule has 0 amide bonds. The first-order valence-electron chi connectivity index (χ1n) is 5.05. The van der Waals surface area contributed by atoms with Crippen LogP contribution in [0.15, 0.2) is 18.2 Å². The van der Waals surface area contributed by atoms with Gasteiger partial charge in [-0.2, -0.15) is 5.10 Å². The Morgan fingerprint density at radius 1 is 1.41 bits per heavy atom. The van der Waals surface area contributed by atoms with E-state index in [9.17, 15) is 4.79 Å². The SMILES string of the molecule is Cc1ccc(C)c(-c2n[nH]c(Cl)c2C(=O)O)c1. The molecule has 2 N–H and O–H groups in total. The van der Waals surface area contributed by atoms with E-state index in [4.69, 9.17) is 16.7 Å². The maximum Gasteiger partial charge on any atom is 0.341 e. The molecule has 0 saturated heterocycles. The van der Waals surface area contributed by atoms with Crippen LogP contribution in [-0.4, -0.2) is 21.3 Å². The number of hydrogen-bond acceptors (Lipinski definition) is 2. The van der Waals surface area contributed by atoms with Crippen LogP contribution in [0.1, 0.15) is 21.5 Å². The summed E-state index contributed by atoms with van der Waals surface area (Å²) >= 11 is 5.78. The van der Waals surface area contributed by atoms with Crippen molar-refractivity contribution in [3.63, 3.8) is 0 Å². The summed E-state index contributed by atoms with van der Waals surface area (Å²) in [6, 6.07) is 5.79. The summed E-state index contributed by atoms with van der Waals surface area (Å²) in [6.07, 6.45) is 0. The molecule has 5 heteroatoms. The molecule has 0 unspecified atom stereocenters. The Morgan fingerprint density at radius 2 is 2.12 bits per heavy atom. The minimum absolute atomic E-state index is 0.0142. The van der Waals surface area contributed by atoms with Crippen molar-refractivity contribution in [2.24, 2.45) is 0 Å². The molecule has 88 valence electrons. The van der Waals surface area contributed by atoms with E-state index in [0.717, 1.165) is 16.7 Å². The van der Waals surface area contributed by atoms with Crippen molar-refractivity contribution in [2.45, 2.75) is 13.8 Å². The normalized spacial score (nSPS) is 10.5. The van der Waals surface area contributed by atoms with Crippen LogP contribution in [0.5, 0.6) is 0 Å². The monoisotopic (exact) mass is 250 g/mol. The predicted molar refractivity (Wildman–Crippen MR) is 65.5 cm³/mol. The van der Waals surface area contributed by atoms with E-state index in [1.807, 2.05) is 32.0 Å². The fourth-order valence-electron chi connectivity index (χ4n) is 1.70. The standard InChI is InChI=1S/C12H11ClN2O2/c1-6-3-4-7(2)8(5-6)10-9(12(16)17)11(13)15-14-10/h3-5H,1-2H3,(H,14,15)(H,16,17). The average Bonchev–Trinajstić information content (AvgIpc) is 2.64. The summed E-state index contributed by atoms with van der Waals surface area (Å²) < 4.78 is 0. The van der Waals surface area contributed by atoms with Gasteiger partial charge in [0.25, 0.3) is 0 Å². The van der Waals surface area contributed by atoms with Gasteiger partial charge in [-0.25, -0.2) is 4.79 Å². The molecule has 1 heterocycles. The molecule has 0 atom stereocenters. The highest BCUT2D eigenvalue weighted by molar-refractivity contribution is 6.33. The number of aromatic nitrogens is 2. The molecule has 4 nitrogen and oxygen atoms in total. The van der Waals surface area contributed by atoms with E-state index in [2.05, 4.69) is 10.2 Å². The first-order valence-corrected chi connectivity index (χ1v) is 5.43. The van der Waals surface area contributed by atoms with Gasteiger partial charge in [-0.15, -0.1) is 0 Å². The van der Waals surface area contributed by atoms with Crippen molar-refractivity contribution in [2.75, 3.05) is 0 Å². The Bertz CT molecular complexity index is 590. The van der Waals surface area contributed by atoms with Crippen molar-refractivity contribution in [3.8, 4) is 11.3 Å². The number of H-pyrrole nitrogens is 1. The minimum atomic E-state index is -1.08. The molecule has 0 fully saturated rings. The van der Waals surface area contributed by atoms with Gasteiger partial charge in [-0.1, -0.05) is 29.3 Å². The summed E-state index contributed by atoms with van der Waals surface area (Å²) in [5.74, 6) is -1.08. The van der Waals surface area contributed by atoms with Crippen LogP contribution in [-0.2, 0) is 0 Å². The lowest BCUT2D eigenvalue weighted by Gasteiger charge is -2.05. The van der Waals surface area contributed by atoms with E-state index < -0.39 is 5.97 Å². The molecule has 0 spiro atoms. The van der Waals surface area contributed by atoms with Gasteiger partial charge in [0, 0.05) is 5.56 Å². The molecule has 0 aliphatic rings. The molecule has 2 rings (SSSR count). The molecule has 1 aromatic carbocycles. The van der Waals surface area contributed by atoms with Crippen molar-refractivity contribution in [1.29, 1.82) is 0 Å². The number of carboxylic acids is 1. The third-order valence-electron chi connectivity index (χ3n) is 2.58. The Labute approximate surface area is 103 Å². The van der Waals surface area contributed by atoms with Gasteiger partial charge in [0.15, 0.2) is 0 Å². The number of carboxylic acid groups (broad SMARTS) is 1. The van der Waals surface area contributed by atoms with Gasteiger partial charge < -0.3 is 5.11 Å². The highest BCUT2D eigenvalue weighted by Gasteiger charge is 2.20. The van der Waals surface area contributed by atoms with Crippen LogP contribution < -0.4 is 0 Å². The maximum absolute atomic E-state index is 11.1. The molecular weight excluding hydrogens is 240 g/mol. The van der Waals surface area contributed by atoms with Gasteiger partial charge in [0.1, 0.15) is 16.4 Å². The van der Waals surface area contributed by atoms with Crippen molar-refractivity contribution in [3.05, 3.63) is 40.0 Å². The maximum atomic E-state index is 11.1. The Balaban J connectivity index is 2.68. The quantitative estimate of drug-likeness (QED) is 0.861. The third kappa shape index (κ3) is 2.03. The second kappa shape index (κ2) is 4.22. The fraction of sp³-hybridized carbons (Fsp3) is 0.167. The van der Waals surface area contributed by atoms with Crippen LogP contribution in [0.3, 0.4) is 0 Å². The Hall–Kier alpha value is -1.81.